The van der Waals surface area contributed by atoms with Crippen molar-refractivity contribution in [1.29, 1.82) is 0 Å². The molecule has 1 aromatic carbocycles. The monoisotopic (exact) mass is 322 g/mol. The largest absolute Gasteiger partial charge is 0.496 e. The number of amides is 1. The Morgan fingerprint density at radius 3 is 2.77 bits per heavy atom. The maximum Gasteiger partial charge on any atom is 0.248 e. The van der Waals surface area contributed by atoms with Crippen LogP contribution in [0.1, 0.15) is 19.4 Å². The molecule has 1 amide bonds. The first kappa shape index (κ1) is 16.7. The second-order valence-corrected chi connectivity index (χ2v) is 5.71. The molecule has 1 N–H and O–H groups in total. The summed E-state index contributed by atoms with van der Waals surface area (Å²) in [5.74, 6) is 0.556. The Morgan fingerprint density at radius 2 is 2.09 bits per heavy atom. The van der Waals surface area contributed by atoms with Crippen molar-refractivity contribution >= 4 is 24.2 Å². The van der Waals surface area contributed by atoms with Crippen LogP contribution in [0.2, 0.25) is 0 Å². The van der Waals surface area contributed by atoms with Gasteiger partial charge in [-0.25, -0.2) is 0 Å². The SMILES string of the molecule is COc1ccccc1C1=CC(=O)NC(S)N1CCOC(C)C. The van der Waals surface area contributed by atoms with Crippen LogP contribution in [0.5, 0.6) is 5.75 Å². The Bertz CT molecular complexity index is 560. The van der Waals surface area contributed by atoms with Crippen LogP contribution in [0.3, 0.4) is 0 Å². The molecular formula is C16H22N2O3S. The summed E-state index contributed by atoms with van der Waals surface area (Å²) >= 11 is 4.47. The van der Waals surface area contributed by atoms with Gasteiger partial charge in [-0.1, -0.05) is 12.1 Å². The lowest BCUT2D eigenvalue weighted by Gasteiger charge is -2.36. The van der Waals surface area contributed by atoms with Gasteiger partial charge in [0.1, 0.15) is 11.2 Å². The number of methoxy groups -OCH3 is 1. The van der Waals surface area contributed by atoms with Gasteiger partial charge in [-0.2, -0.15) is 0 Å². The summed E-state index contributed by atoms with van der Waals surface area (Å²) in [7, 11) is 1.62. The van der Waals surface area contributed by atoms with Crippen molar-refractivity contribution in [2.75, 3.05) is 20.3 Å². The van der Waals surface area contributed by atoms with E-state index in [1.807, 2.05) is 43.0 Å². The number of carbonyl (C=O) groups is 1. The lowest BCUT2D eigenvalue weighted by Crippen LogP contribution is -2.48. The van der Waals surface area contributed by atoms with Gasteiger partial charge in [0.15, 0.2) is 0 Å². The average Bonchev–Trinajstić information content (AvgIpc) is 2.48. The third-order valence-electron chi connectivity index (χ3n) is 3.31. The highest BCUT2D eigenvalue weighted by molar-refractivity contribution is 7.80. The molecule has 120 valence electrons. The second kappa shape index (κ2) is 7.56. The summed E-state index contributed by atoms with van der Waals surface area (Å²) < 4.78 is 11.0. The Kier molecular flexibility index (Phi) is 5.74. The Labute approximate surface area is 136 Å². The van der Waals surface area contributed by atoms with Crippen molar-refractivity contribution in [3.05, 3.63) is 35.9 Å². The molecule has 2 rings (SSSR count). The molecule has 0 aliphatic carbocycles. The van der Waals surface area contributed by atoms with E-state index in [2.05, 4.69) is 17.9 Å². The molecule has 0 saturated carbocycles. The maximum absolute atomic E-state index is 11.8. The van der Waals surface area contributed by atoms with Crippen LogP contribution in [0.25, 0.3) is 5.70 Å². The molecule has 22 heavy (non-hydrogen) atoms. The number of hydrogen-bond donors (Lipinski definition) is 2. The zero-order valence-electron chi connectivity index (χ0n) is 13.1. The third-order valence-corrected chi connectivity index (χ3v) is 3.72. The van der Waals surface area contributed by atoms with E-state index < -0.39 is 5.50 Å². The smallest absolute Gasteiger partial charge is 0.248 e. The highest BCUT2D eigenvalue weighted by atomic mass is 32.1. The van der Waals surface area contributed by atoms with Crippen molar-refractivity contribution < 1.29 is 14.3 Å². The van der Waals surface area contributed by atoms with Crippen molar-refractivity contribution in [1.82, 2.24) is 10.2 Å². The first-order valence-electron chi connectivity index (χ1n) is 7.25. The minimum Gasteiger partial charge on any atom is -0.496 e. The fourth-order valence-electron chi connectivity index (χ4n) is 2.30. The molecule has 0 saturated heterocycles. The van der Waals surface area contributed by atoms with Gasteiger partial charge in [-0.3, -0.25) is 4.79 Å². The van der Waals surface area contributed by atoms with E-state index in [-0.39, 0.29) is 12.0 Å². The Balaban J connectivity index is 2.28. The summed E-state index contributed by atoms with van der Waals surface area (Å²) in [6, 6.07) is 7.62. The molecule has 0 spiro atoms. The Hall–Kier alpha value is -1.66. The van der Waals surface area contributed by atoms with E-state index in [9.17, 15) is 4.79 Å². The van der Waals surface area contributed by atoms with E-state index in [0.717, 1.165) is 17.0 Å². The van der Waals surface area contributed by atoms with Crippen LogP contribution < -0.4 is 10.1 Å². The van der Waals surface area contributed by atoms with Crippen LogP contribution in [-0.4, -0.2) is 42.7 Å². The highest BCUT2D eigenvalue weighted by Crippen LogP contribution is 2.31. The molecule has 1 aliphatic rings. The average molecular weight is 322 g/mol. The van der Waals surface area contributed by atoms with Crippen LogP contribution in [0.15, 0.2) is 30.3 Å². The van der Waals surface area contributed by atoms with Gasteiger partial charge in [-0.15, -0.1) is 12.6 Å². The fraction of sp³-hybridized carbons (Fsp3) is 0.438. The normalized spacial score (nSPS) is 18.2. The molecule has 5 nitrogen and oxygen atoms in total. The minimum absolute atomic E-state index is 0.163. The van der Waals surface area contributed by atoms with Gasteiger partial charge in [0.2, 0.25) is 5.91 Å². The molecule has 6 heteroatoms. The number of nitrogens with one attached hydrogen (secondary N) is 1. The number of para-hydroxylation sites is 1. The molecule has 0 bridgehead atoms. The summed E-state index contributed by atoms with van der Waals surface area (Å²) in [4.78, 5) is 13.8. The standard InChI is InChI=1S/C16H22N2O3S/c1-11(2)21-9-8-18-13(10-15(19)17-16(18)22)12-6-4-5-7-14(12)20-3/h4-7,10-11,16,22H,8-9H2,1-3H3,(H,17,19). The van der Waals surface area contributed by atoms with E-state index in [0.29, 0.717) is 13.2 Å². The van der Waals surface area contributed by atoms with Crippen LogP contribution in [0.4, 0.5) is 0 Å². The number of nitrogens with zero attached hydrogens (tertiary/aromatic N) is 1. The van der Waals surface area contributed by atoms with Crippen molar-refractivity contribution in [2.24, 2.45) is 0 Å². The molecular weight excluding hydrogens is 300 g/mol. The van der Waals surface area contributed by atoms with Crippen LogP contribution in [0, 0.1) is 0 Å². The van der Waals surface area contributed by atoms with E-state index in [4.69, 9.17) is 9.47 Å². The number of benzene rings is 1. The van der Waals surface area contributed by atoms with Gasteiger partial charge in [-0.05, 0) is 26.0 Å². The zero-order valence-corrected chi connectivity index (χ0v) is 14.0. The van der Waals surface area contributed by atoms with Gasteiger partial charge in [0.25, 0.3) is 0 Å². The summed E-state index contributed by atoms with van der Waals surface area (Å²) in [6.45, 7) is 5.16. The highest BCUT2D eigenvalue weighted by Gasteiger charge is 2.27. The number of thiol groups is 1. The molecule has 1 unspecified atom stereocenters. The summed E-state index contributed by atoms with van der Waals surface area (Å²) in [5, 5.41) is 2.78. The number of ether oxygens (including phenoxy) is 2. The number of carbonyl (C=O) groups excluding carboxylic acids is 1. The van der Waals surface area contributed by atoms with Gasteiger partial charge >= 0.3 is 0 Å². The predicted octanol–water partition coefficient (Wildman–Crippen LogP) is 2.11. The van der Waals surface area contributed by atoms with Crippen molar-refractivity contribution in [2.45, 2.75) is 25.4 Å². The molecule has 1 atom stereocenters. The van der Waals surface area contributed by atoms with Crippen LogP contribution >= 0.6 is 12.6 Å². The first-order chi connectivity index (χ1) is 10.5. The summed E-state index contributed by atoms with van der Waals surface area (Å²) in [5.41, 5.74) is 1.25. The topological polar surface area (TPSA) is 50.8 Å². The minimum atomic E-state index is -0.395. The molecule has 0 aromatic heterocycles. The maximum atomic E-state index is 11.8. The molecule has 1 heterocycles. The molecule has 0 fully saturated rings. The third kappa shape index (κ3) is 3.96. The van der Waals surface area contributed by atoms with E-state index >= 15 is 0 Å². The molecule has 0 radical (unpaired) electrons. The number of hydrogen-bond acceptors (Lipinski definition) is 5. The van der Waals surface area contributed by atoms with Gasteiger partial charge in [0.05, 0.1) is 25.5 Å². The van der Waals surface area contributed by atoms with Crippen molar-refractivity contribution in [3.63, 3.8) is 0 Å². The lowest BCUT2D eigenvalue weighted by molar-refractivity contribution is -0.117. The summed E-state index contributed by atoms with van der Waals surface area (Å²) in [6.07, 6.45) is 1.73. The van der Waals surface area contributed by atoms with E-state index in [1.54, 1.807) is 13.2 Å². The van der Waals surface area contributed by atoms with Crippen LogP contribution in [-0.2, 0) is 9.53 Å². The van der Waals surface area contributed by atoms with Gasteiger partial charge in [0, 0.05) is 18.2 Å². The fourth-order valence-corrected chi connectivity index (χ4v) is 2.67. The second-order valence-electron chi connectivity index (χ2n) is 5.23. The first-order valence-corrected chi connectivity index (χ1v) is 7.76. The van der Waals surface area contributed by atoms with E-state index in [1.165, 1.54) is 0 Å². The quantitative estimate of drug-likeness (QED) is 0.788. The van der Waals surface area contributed by atoms with Crippen molar-refractivity contribution in [3.8, 4) is 5.75 Å². The Morgan fingerprint density at radius 1 is 1.36 bits per heavy atom. The lowest BCUT2D eigenvalue weighted by atomic mass is 10.1. The molecule has 1 aliphatic heterocycles. The predicted molar refractivity (Wildman–Crippen MR) is 89.7 cm³/mol. The van der Waals surface area contributed by atoms with Gasteiger partial charge < -0.3 is 19.7 Å². The number of rotatable bonds is 6. The zero-order chi connectivity index (χ0) is 16.1. The molecule has 1 aromatic rings.